The van der Waals surface area contributed by atoms with E-state index in [-0.39, 0.29) is 4.90 Å². The molecule has 2 atom stereocenters. The third-order valence-electron chi connectivity index (χ3n) is 5.89. The van der Waals surface area contributed by atoms with Crippen molar-refractivity contribution in [3.05, 3.63) is 35.9 Å². The summed E-state index contributed by atoms with van der Waals surface area (Å²) in [6.45, 7) is 1.95. The zero-order valence-electron chi connectivity index (χ0n) is 19.1. The van der Waals surface area contributed by atoms with E-state index in [4.69, 9.17) is 0 Å². The van der Waals surface area contributed by atoms with Gasteiger partial charge in [0.25, 0.3) is 0 Å². The highest BCUT2D eigenvalue weighted by molar-refractivity contribution is 5.95. The molecule has 2 rings (SSSR count). The minimum Gasteiger partial charge on any atom is -0.447 e. The number of hydrogen-bond donors (Lipinski definition) is 0. The second-order valence-electron chi connectivity index (χ2n) is 8.76. The topological polar surface area (TPSA) is 46.6 Å². The lowest BCUT2D eigenvalue weighted by atomic mass is 9.83. The van der Waals surface area contributed by atoms with Gasteiger partial charge in [0.15, 0.2) is 0 Å². The van der Waals surface area contributed by atoms with E-state index in [2.05, 4.69) is 4.74 Å². The van der Waals surface area contributed by atoms with Gasteiger partial charge in [-0.2, -0.15) is 57.1 Å². The van der Waals surface area contributed by atoms with E-state index in [9.17, 15) is 57.9 Å². The van der Waals surface area contributed by atoms with Gasteiger partial charge in [-0.05, 0) is 17.9 Å². The lowest BCUT2D eigenvalue weighted by molar-refractivity contribution is -0.442. The van der Waals surface area contributed by atoms with E-state index in [0.717, 1.165) is 24.3 Å². The molecule has 1 aromatic rings. The van der Waals surface area contributed by atoms with Crippen molar-refractivity contribution in [1.82, 2.24) is 4.90 Å². The first-order valence-electron chi connectivity index (χ1n) is 10.5. The van der Waals surface area contributed by atoms with Crippen LogP contribution in [-0.2, 0) is 16.0 Å². The molecule has 1 aromatic carbocycles. The number of nitrogens with zero attached hydrogens (tertiary/aromatic N) is 1. The summed E-state index contributed by atoms with van der Waals surface area (Å²) in [5.74, 6) is -45.5. The Labute approximate surface area is 205 Å². The van der Waals surface area contributed by atoms with E-state index in [1.54, 1.807) is 0 Å². The van der Waals surface area contributed by atoms with Crippen molar-refractivity contribution in [2.75, 3.05) is 6.61 Å². The first-order chi connectivity index (χ1) is 17.0. The molecule has 1 fully saturated rings. The summed E-state index contributed by atoms with van der Waals surface area (Å²) in [7, 11) is 0. The summed E-state index contributed by atoms with van der Waals surface area (Å²) in [5, 5.41) is 0. The number of alkyl halides is 13. The predicted octanol–water partition coefficient (Wildman–Crippen LogP) is 6.59. The Bertz CT molecular complexity index is 1020. The Hall–Kier alpha value is -2.75. The standard InChI is InChI=1S/C21H18F13NO3/c1-10(2)13-9-38-15(37)35(13)14(36)12(8-11-6-4-3-5-7-11)16(22,23)17(24,25)18(26,27)19(28,29)20(30,31)21(32,33)34/h3-7,10,12-13H,8-9H2,1-2H3/t12-,13-/m1/s1. The number of carbonyl (C=O) groups excluding carboxylic acids is 2. The Balaban J connectivity index is 2.70. The molecular weight excluding hydrogens is 561 g/mol. The van der Waals surface area contributed by atoms with Crippen LogP contribution in [-0.4, -0.2) is 65.3 Å². The van der Waals surface area contributed by atoms with Gasteiger partial charge in [-0.3, -0.25) is 4.79 Å². The quantitative estimate of drug-likeness (QED) is 0.311. The number of amides is 2. The van der Waals surface area contributed by atoms with Gasteiger partial charge in [-0.15, -0.1) is 0 Å². The maximum atomic E-state index is 15.1. The van der Waals surface area contributed by atoms with Crippen molar-refractivity contribution in [2.45, 2.75) is 62.1 Å². The van der Waals surface area contributed by atoms with Crippen LogP contribution in [0, 0.1) is 11.8 Å². The highest BCUT2D eigenvalue weighted by atomic mass is 19.4. The largest absolute Gasteiger partial charge is 0.460 e. The van der Waals surface area contributed by atoms with Crippen molar-refractivity contribution in [2.24, 2.45) is 11.8 Å². The minimum absolute atomic E-state index is 0.136. The Morgan fingerprint density at radius 3 is 1.76 bits per heavy atom. The molecule has 2 amide bonds. The number of imide groups is 1. The van der Waals surface area contributed by atoms with E-state index in [1.807, 2.05) is 0 Å². The van der Waals surface area contributed by atoms with Gasteiger partial charge in [0, 0.05) is 0 Å². The first-order valence-corrected chi connectivity index (χ1v) is 10.5. The molecule has 216 valence electrons. The molecule has 1 heterocycles. The maximum absolute atomic E-state index is 15.1. The smallest absolute Gasteiger partial charge is 0.447 e. The van der Waals surface area contributed by atoms with Crippen molar-refractivity contribution < 1.29 is 71.4 Å². The molecule has 0 unspecified atom stereocenters. The predicted molar refractivity (Wildman–Crippen MR) is 101 cm³/mol. The van der Waals surface area contributed by atoms with Crippen LogP contribution in [0.2, 0.25) is 0 Å². The minimum atomic E-state index is -8.11. The molecule has 0 N–H and O–H groups in total. The molecule has 0 spiro atoms. The average Bonchev–Trinajstić information content (AvgIpc) is 3.18. The van der Waals surface area contributed by atoms with Crippen molar-refractivity contribution in [3.8, 4) is 0 Å². The van der Waals surface area contributed by atoms with Crippen LogP contribution in [0.3, 0.4) is 0 Å². The normalized spacial score (nSPS) is 19.1. The monoisotopic (exact) mass is 579 g/mol. The summed E-state index contributed by atoms with van der Waals surface area (Å²) in [6, 6.07) is 3.84. The van der Waals surface area contributed by atoms with Crippen LogP contribution in [0.25, 0.3) is 0 Å². The summed E-state index contributed by atoms with van der Waals surface area (Å²) in [4.78, 5) is 24.8. The number of halogens is 13. The SMILES string of the molecule is CC(C)[C@H]1COC(=O)N1C(=O)[C@@H](Cc1ccccc1)C(F)(F)C(F)(F)C(F)(F)C(F)(F)C(F)(F)C(F)(F)F. The third kappa shape index (κ3) is 4.76. The van der Waals surface area contributed by atoms with E-state index in [0.29, 0.717) is 0 Å². The third-order valence-corrected chi connectivity index (χ3v) is 5.89. The van der Waals surface area contributed by atoms with Gasteiger partial charge in [0.05, 0.1) is 6.04 Å². The molecule has 0 aliphatic carbocycles. The van der Waals surface area contributed by atoms with Crippen LogP contribution in [0.15, 0.2) is 30.3 Å². The first kappa shape index (κ1) is 31.5. The fraction of sp³-hybridized carbons (Fsp3) is 0.619. The molecule has 17 heteroatoms. The molecule has 0 saturated carbocycles. The summed E-state index contributed by atoms with van der Waals surface area (Å²) in [6.07, 6.45) is -10.9. The fourth-order valence-corrected chi connectivity index (χ4v) is 3.57. The molecule has 0 radical (unpaired) electrons. The number of cyclic esters (lactones) is 1. The number of ether oxygens (including phenoxy) is 1. The van der Waals surface area contributed by atoms with Crippen LogP contribution < -0.4 is 0 Å². The second kappa shape index (κ2) is 9.77. The molecule has 1 saturated heterocycles. The lowest BCUT2D eigenvalue weighted by Gasteiger charge is -2.42. The van der Waals surface area contributed by atoms with Crippen molar-refractivity contribution in [1.29, 1.82) is 0 Å². The van der Waals surface area contributed by atoms with Gasteiger partial charge in [0.2, 0.25) is 5.91 Å². The fourth-order valence-electron chi connectivity index (χ4n) is 3.57. The van der Waals surface area contributed by atoms with Gasteiger partial charge >= 0.3 is 41.9 Å². The average molecular weight is 579 g/mol. The number of benzene rings is 1. The zero-order valence-corrected chi connectivity index (χ0v) is 19.1. The maximum Gasteiger partial charge on any atom is 0.460 e. The molecule has 38 heavy (non-hydrogen) atoms. The second-order valence-corrected chi connectivity index (χ2v) is 8.76. The Kier molecular flexibility index (Phi) is 8.09. The van der Waals surface area contributed by atoms with Gasteiger partial charge in [0.1, 0.15) is 12.5 Å². The summed E-state index contributed by atoms with van der Waals surface area (Å²) in [5.41, 5.74) is -0.467. The van der Waals surface area contributed by atoms with Gasteiger partial charge in [-0.1, -0.05) is 44.2 Å². The molecule has 1 aliphatic rings. The molecule has 0 bridgehead atoms. The van der Waals surface area contributed by atoms with Crippen LogP contribution in [0.5, 0.6) is 0 Å². The molecule has 0 aromatic heterocycles. The highest BCUT2D eigenvalue weighted by Gasteiger charge is 2.91. The molecule has 4 nitrogen and oxygen atoms in total. The van der Waals surface area contributed by atoms with Gasteiger partial charge in [-0.25, -0.2) is 9.69 Å². The Morgan fingerprint density at radius 2 is 1.32 bits per heavy atom. The van der Waals surface area contributed by atoms with E-state index >= 15 is 8.78 Å². The van der Waals surface area contributed by atoms with Crippen molar-refractivity contribution in [3.63, 3.8) is 0 Å². The Morgan fingerprint density at radius 1 is 0.842 bits per heavy atom. The van der Waals surface area contributed by atoms with E-state index in [1.165, 1.54) is 19.9 Å². The van der Waals surface area contributed by atoms with Gasteiger partial charge < -0.3 is 4.74 Å². The van der Waals surface area contributed by atoms with Crippen molar-refractivity contribution >= 4 is 12.0 Å². The summed E-state index contributed by atoms with van der Waals surface area (Å²) < 4.78 is 183. The van der Waals surface area contributed by atoms with Crippen LogP contribution in [0.4, 0.5) is 61.9 Å². The van der Waals surface area contributed by atoms with E-state index < -0.39 is 84.3 Å². The highest BCUT2D eigenvalue weighted by Crippen LogP contribution is 2.61. The summed E-state index contributed by atoms with van der Waals surface area (Å²) >= 11 is 0. The lowest BCUT2D eigenvalue weighted by Crippen LogP contribution is -2.72. The van der Waals surface area contributed by atoms with Crippen LogP contribution in [0.1, 0.15) is 19.4 Å². The molecular formula is C21H18F13NO3. The zero-order chi connectivity index (χ0) is 29.7. The number of carbonyl (C=O) groups is 2. The molecule has 1 aliphatic heterocycles. The number of rotatable bonds is 9. The van der Waals surface area contributed by atoms with Crippen LogP contribution >= 0.6 is 0 Å². The number of hydrogen-bond acceptors (Lipinski definition) is 3.